The minimum Gasteiger partial charge on any atom is -0.351 e. The number of nitrogens with zero attached hydrogens (tertiary/aromatic N) is 3. The molecule has 0 bridgehead atoms. The molecule has 0 aromatic carbocycles. The molecule has 1 heterocycles. The standard InChI is InChI=1S/C3H7F3N2O4S2.C3H4N2/c1-8(2)14(10,11)7-13(9,12-6)3(4)5;1-2-5-3-4-1/h3H,1-2H3;1-3H,(H,4,5). The Morgan fingerprint density at radius 2 is 1.95 bits per heavy atom. The third-order valence-corrected chi connectivity index (χ3v) is 4.52. The quantitative estimate of drug-likeness (QED) is 0.878. The lowest BCUT2D eigenvalue weighted by Crippen LogP contribution is -2.23. The summed E-state index contributed by atoms with van der Waals surface area (Å²) in [7, 11) is -7.83. The highest BCUT2D eigenvalue weighted by Gasteiger charge is 2.29. The molecular formula is C6H11F3N4O4S2. The first-order chi connectivity index (χ1) is 8.65. The highest BCUT2D eigenvalue weighted by atomic mass is 32.3. The molecule has 0 amide bonds. The van der Waals surface area contributed by atoms with Crippen molar-refractivity contribution in [3.05, 3.63) is 18.7 Å². The Kier molecular flexibility index (Phi) is 6.96. The van der Waals surface area contributed by atoms with Crippen LogP contribution in [-0.2, 0) is 24.6 Å². The molecule has 0 aliphatic carbocycles. The van der Waals surface area contributed by atoms with Crippen molar-refractivity contribution in [2.24, 2.45) is 3.77 Å². The topological polar surface area (TPSA) is 105 Å². The van der Waals surface area contributed by atoms with Crippen molar-refractivity contribution in [2.75, 3.05) is 14.1 Å². The van der Waals surface area contributed by atoms with E-state index >= 15 is 0 Å². The first-order valence-corrected chi connectivity index (χ1v) is 7.26. The van der Waals surface area contributed by atoms with E-state index in [4.69, 9.17) is 0 Å². The fraction of sp³-hybridized carbons (Fsp3) is 0.500. The molecule has 1 N–H and O–H groups in total. The predicted molar refractivity (Wildman–Crippen MR) is 60.0 cm³/mol. The lowest BCUT2D eigenvalue weighted by atomic mass is 11.0. The van der Waals surface area contributed by atoms with Gasteiger partial charge in [0.15, 0.2) is 0 Å². The van der Waals surface area contributed by atoms with Crippen LogP contribution in [0.2, 0.25) is 0 Å². The molecule has 0 spiro atoms. The van der Waals surface area contributed by atoms with Crippen molar-refractivity contribution < 1.29 is 30.3 Å². The Hall–Kier alpha value is -1.18. The van der Waals surface area contributed by atoms with E-state index in [0.717, 1.165) is 14.1 Å². The number of H-pyrrole nitrogens is 1. The smallest absolute Gasteiger partial charge is 0.346 e. The van der Waals surface area contributed by atoms with Crippen molar-refractivity contribution in [2.45, 2.75) is 5.76 Å². The molecule has 1 atom stereocenters. The summed E-state index contributed by atoms with van der Waals surface area (Å²) in [4.78, 5) is 6.42. The molecule has 1 rings (SSSR count). The Labute approximate surface area is 108 Å². The summed E-state index contributed by atoms with van der Waals surface area (Å²) < 4.78 is 72.4. The van der Waals surface area contributed by atoms with Gasteiger partial charge in [0.05, 0.1) is 6.33 Å². The van der Waals surface area contributed by atoms with Gasteiger partial charge in [0.25, 0.3) is 10.0 Å². The van der Waals surface area contributed by atoms with Crippen LogP contribution in [-0.4, -0.2) is 46.8 Å². The van der Waals surface area contributed by atoms with Crippen LogP contribution in [0.5, 0.6) is 0 Å². The second kappa shape index (κ2) is 7.42. The number of rotatable bonds is 4. The number of halogens is 3. The van der Waals surface area contributed by atoms with Crippen molar-refractivity contribution in [1.82, 2.24) is 14.3 Å². The predicted octanol–water partition coefficient (Wildman–Crippen LogP) is 0.709. The van der Waals surface area contributed by atoms with Gasteiger partial charge in [-0.3, -0.25) is 0 Å². The Balaban J connectivity index is 0.000000532. The molecule has 8 nitrogen and oxygen atoms in total. The number of hydrogen-bond donors (Lipinski definition) is 1. The van der Waals surface area contributed by atoms with E-state index in [-0.39, 0.29) is 0 Å². The van der Waals surface area contributed by atoms with Crippen molar-refractivity contribution in [3.63, 3.8) is 0 Å². The van der Waals surface area contributed by atoms with Crippen LogP contribution in [0.1, 0.15) is 0 Å². The maximum atomic E-state index is 11.9. The van der Waals surface area contributed by atoms with Crippen molar-refractivity contribution in [1.29, 1.82) is 0 Å². The van der Waals surface area contributed by atoms with Crippen LogP contribution < -0.4 is 0 Å². The Morgan fingerprint density at radius 3 is 2.16 bits per heavy atom. The van der Waals surface area contributed by atoms with Crippen molar-refractivity contribution in [3.8, 4) is 0 Å². The minimum absolute atomic E-state index is 0.383. The third-order valence-electron chi connectivity index (χ3n) is 1.38. The van der Waals surface area contributed by atoms with Gasteiger partial charge in [-0.05, 0) is 4.53 Å². The average Bonchev–Trinajstić information content (AvgIpc) is 2.86. The van der Waals surface area contributed by atoms with Crippen LogP contribution in [0.15, 0.2) is 22.5 Å². The van der Waals surface area contributed by atoms with E-state index in [0.29, 0.717) is 4.31 Å². The minimum atomic E-state index is -5.15. The van der Waals surface area contributed by atoms with Gasteiger partial charge in [-0.2, -0.15) is 21.5 Å². The summed E-state index contributed by atoms with van der Waals surface area (Å²) in [5, 5.41) is 0. The third kappa shape index (κ3) is 6.00. The molecule has 112 valence electrons. The fourth-order valence-electron chi connectivity index (χ4n) is 0.485. The maximum absolute atomic E-state index is 11.9. The molecule has 0 saturated carbocycles. The van der Waals surface area contributed by atoms with Gasteiger partial charge in [0, 0.05) is 26.5 Å². The number of aromatic amines is 1. The molecule has 0 aliphatic rings. The molecule has 0 fully saturated rings. The highest BCUT2D eigenvalue weighted by molar-refractivity contribution is 7.99. The molecular weight excluding hydrogens is 313 g/mol. The lowest BCUT2D eigenvalue weighted by molar-refractivity contribution is -0.000808. The summed E-state index contributed by atoms with van der Waals surface area (Å²) >= 11 is 0. The number of nitrogens with one attached hydrogen (secondary N) is 1. The zero-order valence-electron chi connectivity index (χ0n) is 9.73. The molecule has 0 saturated heterocycles. The van der Waals surface area contributed by atoms with Crippen LogP contribution in [0.25, 0.3) is 0 Å². The lowest BCUT2D eigenvalue weighted by Gasteiger charge is -2.07. The monoisotopic (exact) mass is 324 g/mol. The van der Waals surface area contributed by atoms with Crippen LogP contribution >= 0.6 is 0 Å². The zero-order valence-corrected chi connectivity index (χ0v) is 11.4. The van der Waals surface area contributed by atoms with Gasteiger partial charge in [-0.25, -0.2) is 9.19 Å². The van der Waals surface area contributed by atoms with Gasteiger partial charge in [0.1, 0.15) is 0 Å². The fourth-order valence-corrected chi connectivity index (χ4v) is 2.48. The molecule has 1 unspecified atom stereocenters. The number of alkyl halides is 2. The molecule has 13 heteroatoms. The summed E-state index contributed by atoms with van der Waals surface area (Å²) in [6.07, 6.45) is 5.08. The van der Waals surface area contributed by atoms with Crippen LogP contribution in [0.3, 0.4) is 0 Å². The van der Waals surface area contributed by atoms with Gasteiger partial charge in [-0.1, -0.05) is 8.16 Å². The van der Waals surface area contributed by atoms with Crippen LogP contribution in [0, 0.1) is 0 Å². The number of aromatic nitrogens is 2. The second-order valence-electron chi connectivity index (χ2n) is 2.93. The van der Waals surface area contributed by atoms with E-state index < -0.39 is 26.0 Å². The van der Waals surface area contributed by atoms with E-state index in [1.165, 1.54) is 0 Å². The normalized spacial score (nSPS) is 14.7. The van der Waals surface area contributed by atoms with E-state index in [9.17, 15) is 25.9 Å². The number of imidazole rings is 1. The van der Waals surface area contributed by atoms with Crippen molar-refractivity contribution >= 4 is 20.2 Å². The van der Waals surface area contributed by atoms with E-state index in [1.807, 2.05) is 0 Å². The average molecular weight is 324 g/mol. The maximum Gasteiger partial charge on any atom is 0.346 e. The van der Waals surface area contributed by atoms with E-state index in [1.54, 1.807) is 18.7 Å². The zero-order chi connectivity index (χ0) is 15.1. The molecule has 0 radical (unpaired) electrons. The number of hydrogen-bond acceptors (Lipinski definition) is 5. The molecule has 1 aromatic rings. The molecule has 1 aromatic heterocycles. The first-order valence-electron chi connectivity index (χ1n) is 4.36. The van der Waals surface area contributed by atoms with Gasteiger partial charge in [0.2, 0.25) is 0 Å². The molecule has 0 aliphatic heterocycles. The van der Waals surface area contributed by atoms with E-state index in [2.05, 4.69) is 18.1 Å². The summed E-state index contributed by atoms with van der Waals surface area (Å²) in [6, 6.07) is 0. The molecule has 19 heavy (non-hydrogen) atoms. The summed E-state index contributed by atoms with van der Waals surface area (Å²) in [6.45, 7) is 0. The van der Waals surface area contributed by atoms with Gasteiger partial charge in [-0.15, -0.1) is 0 Å². The largest absolute Gasteiger partial charge is 0.351 e. The SMILES string of the molecule is CN(C)S(=O)(=O)N=S(=O)(OF)C(F)F.c1c[nH]cn1. The Bertz CT molecular complexity index is 548. The first kappa shape index (κ1) is 17.8. The van der Waals surface area contributed by atoms with Gasteiger partial charge >= 0.3 is 16.0 Å². The van der Waals surface area contributed by atoms with Crippen LogP contribution in [0.4, 0.5) is 13.3 Å². The second-order valence-corrected chi connectivity index (χ2v) is 6.67. The summed E-state index contributed by atoms with van der Waals surface area (Å²) in [5.74, 6) is -3.86. The van der Waals surface area contributed by atoms with Gasteiger partial charge < -0.3 is 4.98 Å². The Morgan fingerprint density at radius 1 is 1.37 bits per heavy atom. The summed E-state index contributed by atoms with van der Waals surface area (Å²) in [5.41, 5.74) is 0. The highest BCUT2D eigenvalue weighted by Crippen LogP contribution is 2.15.